The molecule has 0 spiro atoms. The molecule has 0 unspecified atom stereocenters. The van der Waals surface area contributed by atoms with E-state index in [0.717, 1.165) is 24.7 Å². The van der Waals surface area contributed by atoms with Gasteiger partial charge in [0.05, 0.1) is 5.69 Å². The lowest BCUT2D eigenvalue weighted by Crippen LogP contribution is -2.36. The summed E-state index contributed by atoms with van der Waals surface area (Å²) in [7, 11) is 0. The van der Waals surface area contributed by atoms with Crippen molar-refractivity contribution < 1.29 is 0 Å². The maximum absolute atomic E-state index is 5.37. The van der Waals surface area contributed by atoms with E-state index in [1.54, 1.807) is 0 Å². The molecular weight excluding hydrogens is 390 g/mol. The average Bonchev–Trinajstić information content (AvgIpc) is 2.74. The highest BCUT2D eigenvalue weighted by Crippen LogP contribution is 2.36. The van der Waals surface area contributed by atoms with Crippen molar-refractivity contribution in [3.63, 3.8) is 0 Å². The first-order chi connectivity index (χ1) is 15.1. The highest BCUT2D eigenvalue weighted by Gasteiger charge is 2.20. The summed E-state index contributed by atoms with van der Waals surface area (Å²) in [6, 6.07) is 13.3. The van der Waals surface area contributed by atoms with Crippen LogP contribution < -0.4 is 5.32 Å². The van der Waals surface area contributed by atoms with Gasteiger partial charge in [-0.3, -0.25) is 0 Å². The Morgan fingerprint density at radius 3 is 1.41 bits per heavy atom. The van der Waals surface area contributed by atoms with Crippen molar-refractivity contribution in [3.05, 3.63) is 58.7 Å². The van der Waals surface area contributed by atoms with Gasteiger partial charge in [-0.05, 0) is 59.8 Å². The molecule has 32 heavy (non-hydrogen) atoms. The van der Waals surface area contributed by atoms with Crippen LogP contribution >= 0.6 is 0 Å². The molecule has 0 amide bonds. The number of aliphatic imine (C=N–C) groups is 1. The van der Waals surface area contributed by atoms with E-state index in [-0.39, 0.29) is 0 Å². The molecule has 3 nitrogen and oxygen atoms in total. The van der Waals surface area contributed by atoms with Crippen LogP contribution in [0.1, 0.15) is 115 Å². The highest BCUT2D eigenvalue weighted by atomic mass is 15.3. The minimum Gasteiger partial charge on any atom is -0.343 e. The number of para-hydroxylation sites is 2. The minimum absolute atomic E-state index is 0.416. The van der Waals surface area contributed by atoms with Crippen LogP contribution in [-0.2, 0) is 0 Å². The Hall–Kier alpha value is -2.29. The molecule has 0 radical (unpaired) electrons. The van der Waals surface area contributed by atoms with Crippen LogP contribution in [0.4, 0.5) is 11.4 Å². The van der Waals surface area contributed by atoms with Gasteiger partial charge < -0.3 is 10.2 Å². The Morgan fingerprint density at radius 1 is 0.688 bits per heavy atom. The minimum atomic E-state index is 0.416. The number of hydrogen-bond acceptors (Lipinski definition) is 1. The van der Waals surface area contributed by atoms with Gasteiger partial charge in [0.1, 0.15) is 0 Å². The van der Waals surface area contributed by atoms with E-state index in [1.165, 1.54) is 27.9 Å². The molecule has 176 valence electrons. The van der Waals surface area contributed by atoms with Crippen molar-refractivity contribution >= 4 is 17.3 Å². The fourth-order valence-corrected chi connectivity index (χ4v) is 4.25. The zero-order valence-corrected chi connectivity index (χ0v) is 22.1. The van der Waals surface area contributed by atoms with E-state index < -0.39 is 0 Å². The van der Waals surface area contributed by atoms with Gasteiger partial charge in [0.2, 0.25) is 5.96 Å². The number of nitrogens with zero attached hydrogens (tertiary/aromatic N) is 2. The van der Waals surface area contributed by atoms with Crippen LogP contribution in [0.25, 0.3) is 0 Å². The fraction of sp³-hybridized carbons (Fsp3) is 0.552. The van der Waals surface area contributed by atoms with Gasteiger partial charge in [-0.1, -0.05) is 91.8 Å². The SMILES string of the molecule is CCN(CC)C(=Nc1c(C(C)C)cccc1C(C)C)Nc1c(C(C)C)cccc1C(C)C. The number of guanidine groups is 1. The number of benzene rings is 2. The molecule has 0 fully saturated rings. The second kappa shape index (κ2) is 11.5. The normalized spacial score (nSPS) is 12.4. The molecule has 0 bridgehead atoms. The summed E-state index contributed by atoms with van der Waals surface area (Å²) >= 11 is 0. The third kappa shape index (κ3) is 5.94. The van der Waals surface area contributed by atoms with Gasteiger partial charge in [-0.25, -0.2) is 4.99 Å². The van der Waals surface area contributed by atoms with Crippen LogP contribution in [-0.4, -0.2) is 23.9 Å². The van der Waals surface area contributed by atoms with Gasteiger partial charge in [0, 0.05) is 18.8 Å². The van der Waals surface area contributed by atoms with Crippen molar-refractivity contribution in [2.75, 3.05) is 18.4 Å². The van der Waals surface area contributed by atoms with E-state index in [2.05, 4.69) is 116 Å². The topological polar surface area (TPSA) is 27.6 Å². The van der Waals surface area contributed by atoms with Crippen LogP contribution in [0.15, 0.2) is 41.4 Å². The third-order valence-corrected chi connectivity index (χ3v) is 6.23. The molecule has 2 aromatic rings. The molecule has 2 aromatic carbocycles. The zero-order valence-electron chi connectivity index (χ0n) is 22.1. The molecular formula is C29H45N3. The second-order valence-electron chi connectivity index (χ2n) is 9.95. The van der Waals surface area contributed by atoms with E-state index in [1.807, 2.05) is 0 Å². The summed E-state index contributed by atoms with van der Waals surface area (Å²) in [6.45, 7) is 24.3. The Bertz CT molecular complexity index is 850. The maximum Gasteiger partial charge on any atom is 0.203 e. The van der Waals surface area contributed by atoms with Crippen LogP contribution in [0, 0.1) is 0 Å². The Kier molecular flexibility index (Phi) is 9.36. The highest BCUT2D eigenvalue weighted by molar-refractivity contribution is 5.97. The van der Waals surface area contributed by atoms with Gasteiger partial charge >= 0.3 is 0 Å². The molecule has 2 rings (SSSR count). The summed E-state index contributed by atoms with van der Waals surface area (Å²) in [5.74, 6) is 2.64. The van der Waals surface area contributed by atoms with Crippen LogP contribution in [0.2, 0.25) is 0 Å². The predicted octanol–water partition coefficient (Wildman–Crippen LogP) is 8.62. The number of hydrogen-bond donors (Lipinski definition) is 1. The summed E-state index contributed by atoms with van der Waals surface area (Å²) in [6.07, 6.45) is 0. The van der Waals surface area contributed by atoms with Gasteiger partial charge in [-0.15, -0.1) is 0 Å². The zero-order chi connectivity index (χ0) is 24.0. The smallest absolute Gasteiger partial charge is 0.203 e. The molecule has 3 heteroatoms. The molecule has 0 aromatic heterocycles. The van der Waals surface area contributed by atoms with Gasteiger partial charge in [-0.2, -0.15) is 0 Å². The van der Waals surface area contributed by atoms with E-state index in [4.69, 9.17) is 4.99 Å². The first kappa shape index (κ1) is 26.0. The maximum atomic E-state index is 5.37. The van der Waals surface area contributed by atoms with Crippen LogP contribution in [0.3, 0.4) is 0 Å². The number of anilines is 1. The molecule has 0 saturated heterocycles. The lowest BCUT2D eigenvalue weighted by atomic mass is 9.92. The molecule has 0 aliphatic carbocycles. The molecule has 0 heterocycles. The monoisotopic (exact) mass is 435 g/mol. The molecule has 0 aliphatic heterocycles. The van der Waals surface area contributed by atoms with E-state index in [9.17, 15) is 0 Å². The lowest BCUT2D eigenvalue weighted by molar-refractivity contribution is 0.464. The van der Waals surface area contributed by atoms with Crippen molar-refractivity contribution in [1.82, 2.24) is 4.90 Å². The van der Waals surface area contributed by atoms with Crippen molar-refractivity contribution in [1.29, 1.82) is 0 Å². The van der Waals surface area contributed by atoms with Gasteiger partial charge in [0.25, 0.3) is 0 Å². The Labute approximate surface area is 197 Å². The summed E-state index contributed by atoms with van der Waals surface area (Å²) in [5.41, 5.74) is 7.65. The quantitative estimate of drug-likeness (QED) is 0.332. The lowest BCUT2D eigenvalue weighted by Gasteiger charge is -2.28. The standard InChI is InChI=1S/C29H45N3/c1-11-32(12-2)29(30-27-23(19(3)4)15-13-16-24(27)20(5)6)31-28-25(21(7)8)17-14-18-26(28)22(9)10/h13-22H,11-12H2,1-10H3,(H,30,31). The van der Waals surface area contributed by atoms with Crippen molar-refractivity contribution in [3.8, 4) is 0 Å². The number of rotatable bonds is 8. The Morgan fingerprint density at radius 2 is 1.06 bits per heavy atom. The number of nitrogens with one attached hydrogen (secondary N) is 1. The van der Waals surface area contributed by atoms with Gasteiger partial charge in [0.15, 0.2) is 0 Å². The molecule has 0 atom stereocenters. The summed E-state index contributed by atoms with van der Waals surface area (Å²) in [5, 5.41) is 3.84. The molecule has 0 aliphatic rings. The van der Waals surface area contributed by atoms with E-state index >= 15 is 0 Å². The van der Waals surface area contributed by atoms with Crippen molar-refractivity contribution in [2.45, 2.75) is 92.9 Å². The van der Waals surface area contributed by atoms with E-state index in [0.29, 0.717) is 23.7 Å². The molecule has 1 N–H and O–H groups in total. The summed E-state index contributed by atoms with van der Waals surface area (Å²) in [4.78, 5) is 7.71. The first-order valence-electron chi connectivity index (χ1n) is 12.5. The third-order valence-electron chi connectivity index (χ3n) is 6.23. The molecule has 0 saturated carbocycles. The average molecular weight is 436 g/mol. The fourth-order valence-electron chi connectivity index (χ4n) is 4.25. The Balaban J connectivity index is 2.77. The summed E-state index contributed by atoms with van der Waals surface area (Å²) < 4.78 is 0. The predicted molar refractivity (Wildman–Crippen MR) is 143 cm³/mol. The largest absolute Gasteiger partial charge is 0.343 e. The van der Waals surface area contributed by atoms with Crippen LogP contribution in [0.5, 0.6) is 0 Å². The second-order valence-corrected chi connectivity index (χ2v) is 9.95. The van der Waals surface area contributed by atoms with Crippen molar-refractivity contribution in [2.24, 2.45) is 4.99 Å². The first-order valence-corrected chi connectivity index (χ1v) is 12.5.